The van der Waals surface area contributed by atoms with E-state index in [0.717, 1.165) is 0 Å². The summed E-state index contributed by atoms with van der Waals surface area (Å²) in [5.41, 5.74) is 0.163. The second kappa shape index (κ2) is 4.86. The SMILES string of the molecule is NS(=O)(=O)CCNc1cccnc1[N+](=O)[O-]. The first-order chi connectivity index (χ1) is 7.40. The van der Waals surface area contributed by atoms with E-state index in [0.29, 0.717) is 0 Å². The summed E-state index contributed by atoms with van der Waals surface area (Å²) >= 11 is 0. The second-order valence-corrected chi connectivity index (χ2v) is 4.66. The first kappa shape index (κ1) is 12.3. The van der Waals surface area contributed by atoms with Gasteiger partial charge in [0.2, 0.25) is 10.0 Å². The van der Waals surface area contributed by atoms with E-state index in [1.54, 1.807) is 0 Å². The maximum absolute atomic E-state index is 10.6. The highest BCUT2D eigenvalue weighted by atomic mass is 32.2. The molecule has 0 spiro atoms. The van der Waals surface area contributed by atoms with Crippen molar-refractivity contribution >= 4 is 21.5 Å². The fraction of sp³-hybridized carbons (Fsp3) is 0.286. The molecule has 0 radical (unpaired) electrons. The topological polar surface area (TPSA) is 128 Å². The molecule has 0 saturated heterocycles. The molecule has 9 heteroatoms. The largest absolute Gasteiger partial charge is 0.386 e. The number of sulfonamides is 1. The minimum Gasteiger partial charge on any atom is -0.377 e. The van der Waals surface area contributed by atoms with Gasteiger partial charge in [0.1, 0.15) is 11.9 Å². The van der Waals surface area contributed by atoms with Crippen LogP contribution >= 0.6 is 0 Å². The van der Waals surface area contributed by atoms with Gasteiger partial charge in [-0.1, -0.05) is 0 Å². The maximum atomic E-state index is 10.6. The van der Waals surface area contributed by atoms with Gasteiger partial charge in [-0.2, -0.15) is 0 Å². The minimum absolute atomic E-state index is 0.00856. The van der Waals surface area contributed by atoms with E-state index in [9.17, 15) is 18.5 Å². The first-order valence-corrected chi connectivity index (χ1v) is 5.95. The third-order valence-electron chi connectivity index (χ3n) is 1.66. The molecule has 0 atom stereocenters. The Morgan fingerprint density at radius 2 is 2.25 bits per heavy atom. The van der Waals surface area contributed by atoms with Gasteiger partial charge in [0.15, 0.2) is 0 Å². The van der Waals surface area contributed by atoms with E-state index in [4.69, 9.17) is 5.14 Å². The quantitative estimate of drug-likeness (QED) is 0.541. The molecule has 0 unspecified atom stereocenters. The second-order valence-electron chi connectivity index (χ2n) is 2.93. The number of nitro groups is 1. The third kappa shape index (κ3) is 3.79. The van der Waals surface area contributed by atoms with E-state index in [2.05, 4.69) is 10.3 Å². The van der Waals surface area contributed by atoms with Crippen LogP contribution in [0.1, 0.15) is 0 Å². The van der Waals surface area contributed by atoms with Crippen molar-refractivity contribution in [2.75, 3.05) is 17.6 Å². The van der Waals surface area contributed by atoms with Gasteiger partial charge < -0.3 is 15.4 Å². The highest BCUT2D eigenvalue weighted by Gasteiger charge is 2.13. The maximum Gasteiger partial charge on any atom is 0.386 e. The lowest BCUT2D eigenvalue weighted by atomic mass is 10.4. The van der Waals surface area contributed by atoms with Crippen LogP contribution in [0, 0.1) is 10.1 Å². The van der Waals surface area contributed by atoms with Crippen molar-refractivity contribution in [1.29, 1.82) is 0 Å². The normalized spacial score (nSPS) is 11.1. The number of aromatic nitrogens is 1. The lowest BCUT2D eigenvalue weighted by molar-refractivity contribution is -0.388. The zero-order chi connectivity index (χ0) is 12.2. The summed E-state index contributed by atoms with van der Waals surface area (Å²) in [4.78, 5) is 13.4. The predicted molar refractivity (Wildman–Crippen MR) is 57.4 cm³/mol. The van der Waals surface area contributed by atoms with E-state index >= 15 is 0 Å². The average molecular weight is 246 g/mol. The van der Waals surface area contributed by atoms with E-state index in [-0.39, 0.29) is 23.8 Å². The molecule has 0 fully saturated rings. The van der Waals surface area contributed by atoms with Crippen LogP contribution in [0.3, 0.4) is 0 Å². The summed E-state index contributed by atoms with van der Waals surface area (Å²) in [6.07, 6.45) is 1.28. The van der Waals surface area contributed by atoms with Gasteiger partial charge in [-0.25, -0.2) is 13.6 Å². The molecule has 3 N–H and O–H groups in total. The number of primary sulfonamides is 1. The van der Waals surface area contributed by atoms with Crippen LogP contribution in [0.15, 0.2) is 18.3 Å². The Morgan fingerprint density at radius 1 is 1.56 bits per heavy atom. The monoisotopic (exact) mass is 246 g/mol. The summed E-state index contributed by atoms with van der Waals surface area (Å²) in [5, 5.41) is 17.9. The average Bonchev–Trinajstić information content (AvgIpc) is 2.16. The Kier molecular flexibility index (Phi) is 3.74. The Labute approximate surface area is 91.7 Å². The van der Waals surface area contributed by atoms with Gasteiger partial charge in [0.25, 0.3) is 0 Å². The van der Waals surface area contributed by atoms with E-state index in [1.165, 1.54) is 18.3 Å². The standard InChI is InChI=1S/C7H10N4O4S/c8-16(14,15)5-4-9-6-2-1-3-10-7(6)11(12)13/h1-3,9H,4-5H2,(H2,8,14,15). The zero-order valence-corrected chi connectivity index (χ0v) is 8.98. The Balaban J connectivity index is 2.71. The summed E-state index contributed by atoms with van der Waals surface area (Å²) in [5.74, 6) is -0.657. The molecular weight excluding hydrogens is 236 g/mol. The lowest BCUT2D eigenvalue weighted by Gasteiger charge is -2.04. The van der Waals surface area contributed by atoms with Crippen molar-refractivity contribution in [3.05, 3.63) is 28.4 Å². The van der Waals surface area contributed by atoms with Crippen LogP contribution in [0.25, 0.3) is 0 Å². The molecule has 0 bridgehead atoms. The van der Waals surface area contributed by atoms with E-state index < -0.39 is 14.9 Å². The number of rotatable bonds is 5. The number of hydrogen-bond acceptors (Lipinski definition) is 6. The number of nitrogens with two attached hydrogens (primary N) is 1. The highest BCUT2D eigenvalue weighted by molar-refractivity contribution is 7.89. The molecule has 0 aliphatic rings. The molecule has 0 amide bonds. The first-order valence-electron chi connectivity index (χ1n) is 4.24. The van der Waals surface area contributed by atoms with Gasteiger partial charge in [-0.3, -0.25) is 0 Å². The molecule has 0 aliphatic carbocycles. The number of pyridine rings is 1. The summed E-state index contributed by atoms with van der Waals surface area (Å²) in [6.45, 7) is -0.00856. The van der Waals surface area contributed by atoms with Gasteiger partial charge in [0, 0.05) is 6.54 Å². The Morgan fingerprint density at radius 3 is 2.81 bits per heavy atom. The molecule has 0 aromatic carbocycles. The smallest absolute Gasteiger partial charge is 0.377 e. The van der Waals surface area contributed by atoms with Crippen molar-refractivity contribution in [2.45, 2.75) is 0 Å². The van der Waals surface area contributed by atoms with Crippen molar-refractivity contribution in [3.8, 4) is 0 Å². The fourth-order valence-electron chi connectivity index (χ4n) is 1.01. The molecule has 1 aromatic heterocycles. The van der Waals surface area contributed by atoms with Crippen molar-refractivity contribution in [1.82, 2.24) is 4.98 Å². The predicted octanol–water partition coefficient (Wildman–Crippen LogP) is -0.310. The number of nitrogens with one attached hydrogen (secondary N) is 1. The van der Waals surface area contributed by atoms with Crippen LogP contribution in [0.5, 0.6) is 0 Å². The van der Waals surface area contributed by atoms with E-state index in [1.807, 2.05) is 0 Å². The van der Waals surface area contributed by atoms with Crippen LogP contribution in [-0.2, 0) is 10.0 Å². The van der Waals surface area contributed by atoms with Gasteiger partial charge in [-0.15, -0.1) is 0 Å². The molecule has 0 saturated carbocycles. The molecule has 16 heavy (non-hydrogen) atoms. The summed E-state index contributed by atoms with van der Waals surface area (Å²) in [6, 6.07) is 2.94. The molecule has 1 heterocycles. The van der Waals surface area contributed by atoms with Gasteiger partial charge >= 0.3 is 5.82 Å². The van der Waals surface area contributed by atoms with Crippen molar-refractivity contribution < 1.29 is 13.3 Å². The Bertz CT molecular complexity index is 487. The number of anilines is 1. The van der Waals surface area contributed by atoms with Crippen molar-refractivity contribution in [2.24, 2.45) is 5.14 Å². The van der Waals surface area contributed by atoms with Crippen LogP contribution in [-0.4, -0.2) is 30.6 Å². The molecule has 1 rings (SSSR count). The molecule has 1 aromatic rings. The Hall–Kier alpha value is -1.74. The summed E-state index contributed by atoms with van der Waals surface area (Å²) < 4.78 is 21.3. The number of nitrogens with zero attached hydrogens (tertiary/aromatic N) is 2. The summed E-state index contributed by atoms with van der Waals surface area (Å²) in [7, 11) is -3.58. The fourth-order valence-corrected chi connectivity index (χ4v) is 1.39. The lowest BCUT2D eigenvalue weighted by Crippen LogP contribution is -2.22. The van der Waals surface area contributed by atoms with Crippen LogP contribution < -0.4 is 10.5 Å². The minimum atomic E-state index is -3.58. The molecular formula is C7H10N4O4S. The van der Waals surface area contributed by atoms with Gasteiger partial charge in [-0.05, 0) is 22.0 Å². The van der Waals surface area contributed by atoms with Crippen LogP contribution in [0.2, 0.25) is 0 Å². The zero-order valence-electron chi connectivity index (χ0n) is 8.16. The molecule has 88 valence electrons. The van der Waals surface area contributed by atoms with Crippen molar-refractivity contribution in [3.63, 3.8) is 0 Å². The molecule has 0 aliphatic heterocycles. The molecule has 8 nitrogen and oxygen atoms in total. The van der Waals surface area contributed by atoms with Crippen LogP contribution in [0.4, 0.5) is 11.5 Å². The third-order valence-corrected chi connectivity index (χ3v) is 2.43. The van der Waals surface area contributed by atoms with Gasteiger partial charge in [0.05, 0.1) is 5.75 Å². The number of hydrogen-bond donors (Lipinski definition) is 2. The highest BCUT2D eigenvalue weighted by Crippen LogP contribution is 2.19.